The van der Waals surface area contributed by atoms with E-state index in [4.69, 9.17) is 5.26 Å². The normalized spacial score (nSPS) is 17.1. The zero-order valence-corrected chi connectivity index (χ0v) is 15.4. The Morgan fingerprint density at radius 2 is 2.15 bits per heavy atom. The summed E-state index contributed by atoms with van der Waals surface area (Å²) in [6, 6.07) is 15.6. The van der Waals surface area contributed by atoms with Gasteiger partial charge in [0, 0.05) is 37.4 Å². The van der Waals surface area contributed by atoms with E-state index in [9.17, 15) is 9.18 Å². The molecule has 0 aromatic heterocycles. The van der Waals surface area contributed by atoms with Crippen molar-refractivity contribution in [3.8, 4) is 6.07 Å². The molecule has 6 heteroatoms. The summed E-state index contributed by atoms with van der Waals surface area (Å²) >= 11 is 0. The fourth-order valence-electron chi connectivity index (χ4n) is 3.40. The molecule has 0 saturated carbocycles. The molecule has 3 rings (SSSR count). The molecule has 1 aliphatic heterocycles. The molecule has 27 heavy (non-hydrogen) atoms. The smallest absolute Gasteiger partial charge is 0.321 e. The standard InChI is InChI=1S/C21H23FN4O/c1-25(21(27)24-18-8-4-6-16(12-18)13-23)19-9-5-11-26(15-19)14-17-7-2-3-10-20(17)22/h2-4,6-8,10,12,19H,5,9,11,14-15H2,1H3,(H,24,27)/t19-/m1/s1. The van der Waals surface area contributed by atoms with Crippen molar-refractivity contribution in [2.45, 2.75) is 25.4 Å². The number of piperidine rings is 1. The molecule has 1 heterocycles. The molecule has 1 aliphatic rings. The van der Waals surface area contributed by atoms with Crippen LogP contribution in [0.25, 0.3) is 0 Å². The lowest BCUT2D eigenvalue weighted by molar-refractivity contribution is 0.126. The first-order chi connectivity index (χ1) is 13.1. The van der Waals surface area contributed by atoms with Gasteiger partial charge in [0.05, 0.1) is 11.6 Å². The maximum absolute atomic E-state index is 13.9. The molecule has 1 atom stereocenters. The van der Waals surface area contributed by atoms with E-state index < -0.39 is 0 Å². The predicted molar refractivity (Wildman–Crippen MR) is 103 cm³/mol. The number of halogens is 1. The second-order valence-electron chi connectivity index (χ2n) is 6.86. The number of anilines is 1. The molecule has 1 saturated heterocycles. The number of hydrogen-bond acceptors (Lipinski definition) is 3. The molecular formula is C21H23FN4O. The third-order valence-electron chi connectivity index (χ3n) is 4.94. The van der Waals surface area contributed by atoms with E-state index in [0.29, 0.717) is 29.9 Å². The fraction of sp³-hybridized carbons (Fsp3) is 0.333. The topological polar surface area (TPSA) is 59.4 Å². The first-order valence-corrected chi connectivity index (χ1v) is 9.06. The van der Waals surface area contributed by atoms with Crippen LogP contribution in [0.1, 0.15) is 24.0 Å². The van der Waals surface area contributed by atoms with E-state index >= 15 is 0 Å². The van der Waals surface area contributed by atoms with E-state index in [1.54, 1.807) is 48.3 Å². The van der Waals surface area contributed by atoms with Gasteiger partial charge in [-0.2, -0.15) is 5.26 Å². The minimum absolute atomic E-state index is 0.0599. The van der Waals surface area contributed by atoms with E-state index in [1.807, 2.05) is 6.07 Å². The summed E-state index contributed by atoms with van der Waals surface area (Å²) in [5, 5.41) is 11.8. The lowest BCUT2D eigenvalue weighted by Crippen LogP contribution is -2.49. The van der Waals surface area contributed by atoms with E-state index in [0.717, 1.165) is 19.4 Å². The number of benzene rings is 2. The quantitative estimate of drug-likeness (QED) is 0.895. The number of hydrogen-bond donors (Lipinski definition) is 1. The zero-order valence-electron chi connectivity index (χ0n) is 15.4. The van der Waals surface area contributed by atoms with Crippen LogP contribution in [-0.4, -0.2) is 42.0 Å². The summed E-state index contributed by atoms with van der Waals surface area (Å²) in [5.41, 5.74) is 1.78. The highest BCUT2D eigenvalue weighted by molar-refractivity contribution is 5.89. The molecule has 0 spiro atoms. The number of amides is 2. The Morgan fingerprint density at radius 1 is 1.33 bits per heavy atom. The van der Waals surface area contributed by atoms with Crippen LogP contribution in [0.15, 0.2) is 48.5 Å². The van der Waals surface area contributed by atoms with Gasteiger partial charge in [-0.3, -0.25) is 4.90 Å². The Hall–Kier alpha value is -2.91. The van der Waals surface area contributed by atoms with Crippen molar-refractivity contribution in [2.75, 3.05) is 25.5 Å². The summed E-state index contributed by atoms with van der Waals surface area (Å²) in [5.74, 6) is -0.192. The molecule has 2 aromatic carbocycles. The number of nitrogens with one attached hydrogen (secondary N) is 1. The van der Waals surface area contributed by atoms with Gasteiger partial charge >= 0.3 is 6.03 Å². The number of rotatable bonds is 4. The molecule has 5 nitrogen and oxygen atoms in total. The van der Waals surface area contributed by atoms with Gasteiger partial charge < -0.3 is 10.2 Å². The molecule has 2 amide bonds. The molecule has 140 valence electrons. The van der Waals surface area contributed by atoms with Crippen molar-refractivity contribution in [2.24, 2.45) is 0 Å². The number of urea groups is 1. The molecule has 0 radical (unpaired) electrons. The highest BCUT2D eigenvalue weighted by Gasteiger charge is 2.26. The minimum Gasteiger partial charge on any atom is -0.323 e. The molecular weight excluding hydrogens is 343 g/mol. The van der Waals surface area contributed by atoms with E-state index in [2.05, 4.69) is 16.3 Å². The second-order valence-corrected chi connectivity index (χ2v) is 6.86. The first kappa shape index (κ1) is 18.9. The first-order valence-electron chi connectivity index (χ1n) is 9.06. The number of nitriles is 1. The number of carbonyl (C=O) groups excluding carboxylic acids is 1. The molecule has 1 N–H and O–H groups in total. The monoisotopic (exact) mass is 366 g/mol. The Kier molecular flexibility index (Phi) is 6.05. The number of carbonyl (C=O) groups is 1. The van der Waals surface area contributed by atoms with Crippen LogP contribution in [0.3, 0.4) is 0 Å². The Bertz CT molecular complexity index is 848. The second kappa shape index (κ2) is 8.65. The van der Waals surface area contributed by atoms with E-state index in [-0.39, 0.29) is 17.9 Å². The summed E-state index contributed by atoms with van der Waals surface area (Å²) in [6.07, 6.45) is 1.87. The molecule has 2 aromatic rings. The predicted octanol–water partition coefficient (Wildman–Crippen LogP) is 3.83. The van der Waals surface area contributed by atoms with Crippen molar-refractivity contribution >= 4 is 11.7 Å². The van der Waals surface area contributed by atoms with Crippen LogP contribution in [0.2, 0.25) is 0 Å². The minimum atomic E-state index is -0.206. The van der Waals surface area contributed by atoms with Gasteiger partial charge in [-0.1, -0.05) is 24.3 Å². The Labute approximate surface area is 159 Å². The lowest BCUT2D eigenvalue weighted by Gasteiger charge is -2.37. The third kappa shape index (κ3) is 4.83. The van der Waals surface area contributed by atoms with Crippen molar-refractivity contribution in [1.29, 1.82) is 5.26 Å². The van der Waals surface area contributed by atoms with Crippen molar-refractivity contribution in [1.82, 2.24) is 9.80 Å². The van der Waals surface area contributed by atoms with Crippen LogP contribution < -0.4 is 5.32 Å². The van der Waals surface area contributed by atoms with Gasteiger partial charge in [-0.25, -0.2) is 9.18 Å². The van der Waals surface area contributed by atoms with Crippen LogP contribution in [0.4, 0.5) is 14.9 Å². The Balaban J connectivity index is 1.60. The van der Waals surface area contributed by atoms with Gasteiger partial charge in [0.25, 0.3) is 0 Å². The zero-order chi connectivity index (χ0) is 19.2. The maximum atomic E-state index is 13.9. The number of likely N-dealkylation sites (N-methyl/N-ethyl adjacent to an activating group) is 1. The highest BCUT2D eigenvalue weighted by atomic mass is 19.1. The molecule has 0 unspecified atom stereocenters. The van der Waals surface area contributed by atoms with Crippen LogP contribution in [0.5, 0.6) is 0 Å². The fourth-order valence-corrected chi connectivity index (χ4v) is 3.40. The maximum Gasteiger partial charge on any atom is 0.321 e. The van der Waals surface area contributed by atoms with Crippen molar-refractivity contribution in [3.05, 3.63) is 65.5 Å². The summed E-state index contributed by atoms with van der Waals surface area (Å²) in [7, 11) is 1.78. The molecule has 0 bridgehead atoms. The number of nitrogens with zero attached hydrogens (tertiary/aromatic N) is 3. The third-order valence-corrected chi connectivity index (χ3v) is 4.94. The molecule has 0 aliphatic carbocycles. The van der Waals surface area contributed by atoms with Gasteiger partial charge in [0.2, 0.25) is 0 Å². The average Bonchev–Trinajstić information content (AvgIpc) is 2.69. The summed E-state index contributed by atoms with van der Waals surface area (Å²) in [4.78, 5) is 16.5. The van der Waals surface area contributed by atoms with Gasteiger partial charge in [0.15, 0.2) is 0 Å². The highest BCUT2D eigenvalue weighted by Crippen LogP contribution is 2.19. The SMILES string of the molecule is CN(C(=O)Nc1cccc(C#N)c1)[C@@H]1CCCN(Cc2ccccc2F)C1. The van der Waals surface area contributed by atoms with Gasteiger partial charge in [-0.05, 0) is 43.7 Å². The summed E-state index contributed by atoms with van der Waals surface area (Å²) < 4.78 is 13.9. The van der Waals surface area contributed by atoms with Crippen LogP contribution in [-0.2, 0) is 6.54 Å². The largest absolute Gasteiger partial charge is 0.323 e. The van der Waals surface area contributed by atoms with Gasteiger partial charge in [-0.15, -0.1) is 0 Å². The van der Waals surface area contributed by atoms with Gasteiger partial charge in [0.1, 0.15) is 5.82 Å². The lowest BCUT2D eigenvalue weighted by atomic mass is 10.0. The van der Waals surface area contributed by atoms with Crippen LogP contribution >= 0.6 is 0 Å². The molecule has 1 fully saturated rings. The van der Waals surface area contributed by atoms with E-state index in [1.165, 1.54) is 6.07 Å². The van der Waals surface area contributed by atoms with Crippen molar-refractivity contribution in [3.63, 3.8) is 0 Å². The number of likely N-dealkylation sites (tertiary alicyclic amines) is 1. The Morgan fingerprint density at radius 3 is 2.93 bits per heavy atom. The van der Waals surface area contributed by atoms with Crippen molar-refractivity contribution < 1.29 is 9.18 Å². The van der Waals surface area contributed by atoms with Crippen LogP contribution in [0, 0.1) is 17.1 Å². The summed E-state index contributed by atoms with van der Waals surface area (Å²) in [6.45, 7) is 2.14. The average molecular weight is 366 g/mol.